The first kappa shape index (κ1) is 22.9. The Morgan fingerprint density at radius 3 is 2.41 bits per heavy atom. The Balaban J connectivity index is 2.49. The molecule has 27 heavy (non-hydrogen) atoms. The van der Waals surface area contributed by atoms with E-state index in [0.29, 0.717) is 38.8 Å². The Labute approximate surface area is 161 Å². The molecule has 9 nitrogen and oxygen atoms in total. The molecule has 3 N–H and O–H groups in total. The van der Waals surface area contributed by atoms with Crippen LogP contribution < -0.4 is 16.0 Å². The van der Waals surface area contributed by atoms with Crippen LogP contribution in [-0.4, -0.2) is 68.0 Å². The van der Waals surface area contributed by atoms with E-state index in [-0.39, 0.29) is 18.1 Å². The molecule has 9 heteroatoms. The van der Waals surface area contributed by atoms with Gasteiger partial charge >= 0.3 is 18.2 Å². The molecule has 0 spiro atoms. The second-order valence-electron chi connectivity index (χ2n) is 7.03. The minimum absolute atomic E-state index is 0.118. The molecule has 1 aliphatic rings. The summed E-state index contributed by atoms with van der Waals surface area (Å²) in [7, 11) is 0. The number of piperidine rings is 1. The third-order valence-electron chi connectivity index (χ3n) is 4.16. The monoisotopic (exact) mass is 386 g/mol. The number of urea groups is 1. The molecule has 0 bridgehead atoms. The number of hydrogen-bond acceptors (Lipinski definition) is 5. The van der Waals surface area contributed by atoms with Gasteiger partial charge in [0.2, 0.25) is 0 Å². The highest BCUT2D eigenvalue weighted by molar-refractivity contribution is 5.75. The lowest BCUT2D eigenvalue weighted by Crippen LogP contribution is -2.54. The number of likely N-dealkylation sites (tertiary alicyclic amines) is 1. The number of hydrogen-bond donors (Lipinski definition) is 3. The molecule has 1 fully saturated rings. The Morgan fingerprint density at radius 1 is 1.11 bits per heavy atom. The second kappa shape index (κ2) is 12.2. The fraction of sp³-hybridized carbons (Fsp3) is 0.833. The first-order valence-electron chi connectivity index (χ1n) is 9.75. The predicted molar refractivity (Wildman–Crippen MR) is 102 cm³/mol. The van der Waals surface area contributed by atoms with E-state index in [1.165, 1.54) is 0 Å². The van der Waals surface area contributed by atoms with Crippen molar-refractivity contribution in [2.45, 2.75) is 59.0 Å². The Bertz CT molecular complexity index is 486. The third kappa shape index (κ3) is 9.35. The van der Waals surface area contributed by atoms with Gasteiger partial charge < -0.3 is 30.3 Å². The maximum absolute atomic E-state index is 12.5. The molecular formula is C18H34N4O5. The van der Waals surface area contributed by atoms with Crippen molar-refractivity contribution >= 4 is 18.2 Å². The minimum Gasteiger partial charge on any atom is -0.450 e. The van der Waals surface area contributed by atoms with Crippen molar-refractivity contribution in [3.05, 3.63) is 0 Å². The molecule has 2 atom stereocenters. The van der Waals surface area contributed by atoms with Crippen molar-refractivity contribution in [1.82, 2.24) is 20.9 Å². The van der Waals surface area contributed by atoms with E-state index in [9.17, 15) is 14.4 Å². The second-order valence-corrected chi connectivity index (χ2v) is 7.03. The van der Waals surface area contributed by atoms with Crippen LogP contribution in [0.2, 0.25) is 0 Å². The highest BCUT2D eigenvalue weighted by Crippen LogP contribution is 2.11. The first-order chi connectivity index (χ1) is 12.8. The lowest BCUT2D eigenvalue weighted by atomic mass is 10.0. The van der Waals surface area contributed by atoms with Gasteiger partial charge in [-0.3, -0.25) is 0 Å². The van der Waals surface area contributed by atoms with Crippen LogP contribution >= 0.6 is 0 Å². The summed E-state index contributed by atoms with van der Waals surface area (Å²) in [6, 6.07) is -0.524. The number of amides is 4. The highest BCUT2D eigenvalue weighted by Gasteiger charge is 2.25. The minimum atomic E-state index is -0.478. The average molecular weight is 386 g/mol. The predicted octanol–water partition coefficient (Wildman–Crippen LogP) is 2.07. The lowest BCUT2D eigenvalue weighted by molar-refractivity contribution is 0.135. The van der Waals surface area contributed by atoms with Crippen LogP contribution in [0.5, 0.6) is 0 Å². The molecule has 0 saturated carbocycles. The molecule has 4 amide bonds. The summed E-state index contributed by atoms with van der Waals surface area (Å²) in [6.45, 7) is 9.60. The largest absolute Gasteiger partial charge is 0.450 e. The Morgan fingerprint density at radius 2 is 1.78 bits per heavy atom. The molecule has 0 aliphatic carbocycles. The van der Waals surface area contributed by atoms with Crippen LogP contribution in [0.25, 0.3) is 0 Å². The quantitative estimate of drug-likeness (QED) is 0.592. The number of nitrogens with zero attached hydrogens (tertiary/aromatic N) is 1. The Kier molecular flexibility index (Phi) is 10.4. The maximum atomic E-state index is 12.5. The van der Waals surface area contributed by atoms with Gasteiger partial charge in [0.1, 0.15) is 0 Å². The SMILES string of the molecule is CCOC(=O)N[C@H](CNC(=O)N1CCC[C@H](NC(=O)OCC)C1)CC(C)C. The standard InChI is InChI=1S/C18H34N4O5/c1-5-26-17(24)20-14-8-7-9-22(12-14)16(23)19-11-15(10-13(3)4)21-18(25)27-6-2/h13-15H,5-12H2,1-4H3,(H,19,23)(H,20,24)(H,21,25)/t14-,15-/m0/s1. The van der Waals surface area contributed by atoms with Crippen LogP contribution in [-0.2, 0) is 9.47 Å². The van der Waals surface area contributed by atoms with Crippen molar-refractivity contribution in [1.29, 1.82) is 0 Å². The topological polar surface area (TPSA) is 109 Å². The zero-order valence-electron chi connectivity index (χ0n) is 16.9. The number of nitrogens with one attached hydrogen (secondary N) is 3. The van der Waals surface area contributed by atoms with E-state index in [4.69, 9.17) is 9.47 Å². The van der Waals surface area contributed by atoms with Gasteiger partial charge in [-0.15, -0.1) is 0 Å². The van der Waals surface area contributed by atoms with Gasteiger partial charge in [0.15, 0.2) is 0 Å². The number of rotatable bonds is 8. The molecule has 156 valence electrons. The zero-order valence-corrected chi connectivity index (χ0v) is 16.9. The maximum Gasteiger partial charge on any atom is 0.407 e. The van der Waals surface area contributed by atoms with Crippen molar-refractivity contribution in [2.24, 2.45) is 5.92 Å². The average Bonchev–Trinajstić information content (AvgIpc) is 2.59. The molecule has 0 radical (unpaired) electrons. The van der Waals surface area contributed by atoms with Gasteiger partial charge in [0, 0.05) is 31.7 Å². The van der Waals surface area contributed by atoms with E-state index in [1.807, 2.05) is 0 Å². The summed E-state index contributed by atoms with van der Waals surface area (Å²) in [5.74, 6) is 0.363. The summed E-state index contributed by atoms with van der Waals surface area (Å²) >= 11 is 0. The van der Waals surface area contributed by atoms with E-state index in [1.54, 1.807) is 18.7 Å². The van der Waals surface area contributed by atoms with Crippen LogP contribution in [0, 0.1) is 5.92 Å². The third-order valence-corrected chi connectivity index (χ3v) is 4.16. The van der Waals surface area contributed by atoms with Gasteiger partial charge in [-0.2, -0.15) is 0 Å². The Hall–Kier alpha value is -2.19. The molecule has 1 aliphatic heterocycles. The van der Waals surface area contributed by atoms with Gasteiger partial charge in [0.25, 0.3) is 0 Å². The van der Waals surface area contributed by atoms with Crippen molar-refractivity contribution in [3.63, 3.8) is 0 Å². The highest BCUT2D eigenvalue weighted by atomic mass is 16.6. The van der Waals surface area contributed by atoms with Crippen LogP contribution in [0.3, 0.4) is 0 Å². The summed E-state index contributed by atoms with van der Waals surface area (Å²) in [5, 5.41) is 8.45. The summed E-state index contributed by atoms with van der Waals surface area (Å²) < 4.78 is 9.81. The molecule has 1 heterocycles. The first-order valence-corrected chi connectivity index (χ1v) is 9.75. The van der Waals surface area contributed by atoms with Crippen LogP contribution in [0.4, 0.5) is 14.4 Å². The van der Waals surface area contributed by atoms with Crippen LogP contribution in [0.1, 0.15) is 47.0 Å². The molecular weight excluding hydrogens is 352 g/mol. The zero-order chi connectivity index (χ0) is 20.2. The van der Waals surface area contributed by atoms with Crippen molar-refractivity contribution in [2.75, 3.05) is 32.8 Å². The summed E-state index contributed by atoms with van der Waals surface area (Å²) in [4.78, 5) is 37.4. The van der Waals surface area contributed by atoms with E-state index in [2.05, 4.69) is 29.8 Å². The van der Waals surface area contributed by atoms with Gasteiger partial charge in [-0.1, -0.05) is 13.8 Å². The summed E-state index contributed by atoms with van der Waals surface area (Å²) in [5.41, 5.74) is 0. The molecule has 0 aromatic heterocycles. The number of ether oxygens (including phenoxy) is 2. The molecule has 0 unspecified atom stereocenters. The normalized spacial score (nSPS) is 17.8. The number of alkyl carbamates (subject to hydrolysis) is 2. The molecule has 1 rings (SSSR count). The number of carbonyl (C=O) groups is 3. The lowest BCUT2D eigenvalue weighted by Gasteiger charge is -2.33. The van der Waals surface area contributed by atoms with Crippen LogP contribution in [0.15, 0.2) is 0 Å². The van der Waals surface area contributed by atoms with Gasteiger partial charge in [-0.05, 0) is 39.0 Å². The fourth-order valence-electron chi connectivity index (χ4n) is 3.04. The molecule has 1 saturated heterocycles. The van der Waals surface area contributed by atoms with E-state index < -0.39 is 12.2 Å². The number of carbonyl (C=O) groups excluding carboxylic acids is 3. The molecule has 0 aromatic carbocycles. The van der Waals surface area contributed by atoms with E-state index in [0.717, 1.165) is 19.3 Å². The van der Waals surface area contributed by atoms with Crippen molar-refractivity contribution in [3.8, 4) is 0 Å². The van der Waals surface area contributed by atoms with E-state index >= 15 is 0 Å². The smallest absolute Gasteiger partial charge is 0.407 e. The molecule has 0 aromatic rings. The fourth-order valence-corrected chi connectivity index (χ4v) is 3.04. The van der Waals surface area contributed by atoms with Crippen molar-refractivity contribution < 1.29 is 23.9 Å². The van der Waals surface area contributed by atoms with Gasteiger partial charge in [0.05, 0.1) is 13.2 Å². The summed E-state index contributed by atoms with van der Waals surface area (Å²) in [6.07, 6.45) is 1.41. The van der Waals surface area contributed by atoms with Gasteiger partial charge in [-0.25, -0.2) is 14.4 Å².